The van der Waals surface area contributed by atoms with Crippen molar-refractivity contribution >= 4 is 11.6 Å². The van der Waals surface area contributed by atoms with Gasteiger partial charge in [0.2, 0.25) is 5.91 Å². The molecule has 1 saturated carbocycles. The first kappa shape index (κ1) is 17.1. The van der Waals surface area contributed by atoms with Gasteiger partial charge in [0.25, 0.3) is 0 Å². The second-order valence-electron chi connectivity index (χ2n) is 6.92. The van der Waals surface area contributed by atoms with Crippen molar-refractivity contribution in [3.05, 3.63) is 24.3 Å². The highest BCUT2D eigenvalue weighted by Gasteiger charge is 2.22. The summed E-state index contributed by atoms with van der Waals surface area (Å²) >= 11 is 0. The van der Waals surface area contributed by atoms with Gasteiger partial charge < -0.3 is 20.1 Å². The Morgan fingerprint density at radius 3 is 2.71 bits per heavy atom. The lowest BCUT2D eigenvalue weighted by atomic mass is 9.86. The number of carbonyl (C=O) groups is 1. The number of hydrogen-bond acceptors (Lipinski definition) is 4. The molecular weight excluding hydrogens is 304 g/mol. The van der Waals surface area contributed by atoms with Gasteiger partial charge in [0, 0.05) is 18.2 Å². The molecule has 1 aromatic carbocycles. The van der Waals surface area contributed by atoms with Crippen molar-refractivity contribution in [2.45, 2.75) is 51.2 Å². The van der Waals surface area contributed by atoms with Crippen molar-refractivity contribution in [2.75, 3.05) is 25.1 Å². The summed E-state index contributed by atoms with van der Waals surface area (Å²) in [6.45, 7) is 3.98. The number of amides is 1. The van der Waals surface area contributed by atoms with Gasteiger partial charge in [-0.05, 0) is 43.0 Å². The van der Waals surface area contributed by atoms with Crippen LogP contribution in [0.4, 0.5) is 5.69 Å². The molecule has 5 heteroatoms. The van der Waals surface area contributed by atoms with Gasteiger partial charge in [-0.1, -0.05) is 19.8 Å². The van der Waals surface area contributed by atoms with E-state index in [-0.39, 0.29) is 12.0 Å². The number of ether oxygens (including phenoxy) is 2. The van der Waals surface area contributed by atoms with Gasteiger partial charge in [-0.2, -0.15) is 0 Å². The van der Waals surface area contributed by atoms with E-state index in [1.54, 1.807) is 0 Å². The van der Waals surface area contributed by atoms with E-state index in [0.29, 0.717) is 25.1 Å². The Bertz CT molecular complexity index is 526. The number of anilines is 1. The third kappa shape index (κ3) is 4.87. The molecule has 0 bridgehead atoms. The van der Waals surface area contributed by atoms with Crippen LogP contribution in [0.5, 0.6) is 5.75 Å². The number of rotatable bonds is 6. The maximum Gasteiger partial charge on any atom is 0.239 e. The van der Waals surface area contributed by atoms with Crippen molar-refractivity contribution in [3.8, 4) is 5.75 Å². The van der Waals surface area contributed by atoms with Gasteiger partial charge in [0.1, 0.15) is 11.9 Å². The van der Waals surface area contributed by atoms with Gasteiger partial charge in [0.05, 0.1) is 19.8 Å². The van der Waals surface area contributed by atoms with Crippen molar-refractivity contribution in [1.82, 2.24) is 5.32 Å². The molecule has 1 saturated heterocycles. The lowest BCUT2D eigenvalue weighted by molar-refractivity contribution is -0.120. The Morgan fingerprint density at radius 2 is 2.00 bits per heavy atom. The van der Waals surface area contributed by atoms with Crippen LogP contribution in [0.15, 0.2) is 24.3 Å². The quantitative estimate of drug-likeness (QED) is 0.841. The molecule has 1 aromatic rings. The largest absolute Gasteiger partial charge is 0.488 e. The van der Waals surface area contributed by atoms with Crippen LogP contribution in [-0.2, 0) is 9.53 Å². The third-order valence-corrected chi connectivity index (χ3v) is 4.96. The smallest absolute Gasteiger partial charge is 0.239 e. The second kappa shape index (κ2) is 8.38. The zero-order valence-electron chi connectivity index (χ0n) is 14.4. The number of nitrogens with one attached hydrogen (secondary N) is 2. The fourth-order valence-corrected chi connectivity index (χ4v) is 3.42. The van der Waals surface area contributed by atoms with Crippen LogP contribution in [0.25, 0.3) is 0 Å². The molecule has 3 atom stereocenters. The van der Waals surface area contributed by atoms with E-state index in [4.69, 9.17) is 9.47 Å². The van der Waals surface area contributed by atoms with Crippen LogP contribution < -0.4 is 15.4 Å². The summed E-state index contributed by atoms with van der Waals surface area (Å²) < 4.78 is 11.1. The summed E-state index contributed by atoms with van der Waals surface area (Å²) in [5.41, 5.74) is 0.928. The molecule has 24 heavy (non-hydrogen) atoms. The molecule has 1 heterocycles. The normalized spacial score (nSPS) is 26.8. The molecule has 5 nitrogen and oxygen atoms in total. The summed E-state index contributed by atoms with van der Waals surface area (Å²) in [7, 11) is 0. The molecule has 2 fully saturated rings. The average Bonchev–Trinajstić information content (AvgIpc) is 3.09. The molecule has 3 unspecified atom stereocenters. The maximum absolute atomic E-state index is 12.1. The molecule has 132 valence electrons. The Labute approximate surface area is 144 Å². The molecule has 1 amide bonds. The number of hydrogen-bond donors (Lipinski definition) is 2. The molecular formula is C19H28N2O3. The molecule has 1 aliphatic carbocycles. The van der Waals surface area contributed by atoms with Crippen LogP contribution in [0.2, 0.25) is 0 Å². The molecule has 3 rings (SSSR count). The maximum atomic E-state index is 12.1. The summed E-state index contributed by atoms with van der Waals surface area (Å²) in [4.78, 5) is 12.1. The van der Waals surface area contributed by atoms with Crippen molar-refractivity contribution in [1.29, 1.82) is 0 Å². The molecule has 0 radical (unpaired) electrons. The summed E-state index contributed by atoms with van der Waals surface area (Å²) in [5.74, 6) is 1.49. The summed E-state index contributed by atoms with van der Waals surface area (Å²) in [6, 6.07) is 8.09. The second-order valence-corrected chi connectivity index (χ2v) is 6.92. The van der Waals surface area contributed by atoms with Gasteiger partial charge in [-0.3, -0.25) is 4.79 Å². The van der Waals surface area contributed by atoms with Crippen LogP contribution in [-0.4, -0.2) is 37.8 Å². The topological polar surface area (TPSA) is 59.6 Å². The number of benzene rings is 1. The first-order valence-corrected chi connectivity index (χ1v) is 9.08. The Kier molecular flexibility index (Phi) is 5.96. The lowest BCUT2D eigenvalue weighted by Crippen LogP contribution is -2.43. The lowest BCUT2D eigenvalue weighted by Gasteiger charge is -2.29. The molecule has 0 aromatic heterocycles. The Hall–Kier alpha value is -1.75. The van der Waals surface area contributed by atoms with E-state index in [9.17, 15) is 4.79 Å². The van der Waals surface area contributed by atoms with E-state index in [1.807, 2.05) is 24.3 Å². The Morgan fingerprint density at radius 1 is 1.21 bits per heavy atom. The monoisotopic (exact) mass is 332 g/mol. The predicted molar refractivity (Wildman–Crippen MR) is 94.3 cm³/mol. The zero-order valence-corrected chi connectivity index (χ0v) is 14.4. The first-order chi connectivity index (χ1) is 11.7. The predicted octanol–water partition coefficient (Wildman–Crippen LogP) is 2.96. The fraction of sp³-hybridized carbons (Fsp3) is 0.632. The molecule has 2 N–H and O–H groups in total. The standard InChI is InChI=1S/C19H28N2O3/c1-14-4-2-3-5-18(14)21-19(22)12-20-15-6-8-16(9-7-15)24-17-10-11-23-13-17/h6-9,14,17-18,20H,2-5,10-13H2,1H3,(H,21,22). The average molecular weight is 332 g/mol. The van der Waals surface area contributed by atoms with E-state index >= 15 is 0 Å². The van der Waals surface area contributed by atoms with Crippen LogP contribution in [0, 0.1) is 5.92 Å². The fourth-order valence-electron chi connectivity index (χ4n) is 3.42. The first-order valence-electron chi connectivity index (χ1n) is 9.08. The molecule has 0 spiro atoms. The number of carbonyl (C=O) groups excluding carboxylic acids is 1. The zero-order chi connectivity index (χ0) is 16.8. The summed E-state index contributed by atoms with van der Waals surface area (Å²) in [6.07, 6.45) is 5.92. The highest BCUT2D eigenvalue weighted by Crippen LogP contribution is 2.23. The van der Waals surface area contributed by atoms with Crippen LogP contribution in [0.3, 0.4) is 0 Å². The SMILES string of the molecule is CC1CCCCC1NC(=O)CNc1ccc(OC2CCOC2)cc1. The van der Waals surface area contributed by atoms with Gasteiger partial charge in [0.15, 0.2) is 0 Å². The molecule has 1 aliphatic heterocycles. The van der Waals surface area contributed by atoms with Crippen LogP contribution in [0.1, 0.15) is 39.0 Å². The van der Waals surface area contributed by atoms with Gasteiger partial charge >= 0.3 is 0 Å². The molecule has 2 aliphatic rings. The van der Waals surface area contributed by atoms with E-state index in [1.165, 1.54) is 19.3 Å². The van der Waals surface area contributed by atoms with Crippen molar-refractivity contribution in [3.63, 3.8) is 0 Å². The van der Waals surface area contributed by atoms with E-state index in [2.05, 4.69) is 17.6 Å². The summed E-state index contributed by atoms with van der Waals surface area (Å²) in [5, 5.41) is 6.34. The van der Waals surface area contributed by atoms with Gasteiger partial charge in [-0.25, -0.2) is 0 Å². The minimum absolute atomic E-state index is 0.0668. The highest BCUT2D eigenvalue weighted by atomic mass is 16.5. The minimum Gasteiger partial charge on any atom is -0.488 e. The van der Waals surface area contributed by atoms with Crippen molar-refractivity contribution < 1.29 is 14.3 Å². The van der Waals surface area contributed by atoms with E-state index in [0.717, 1.165) is 30.9 Å². The third-order valence-electron chi connectivity index (χ3n) is 4.96. The van der Waals surface area contributed by atoms with Crippen molar-refractivity contribution in [2.24, 2.45) is 5.92 Å². The highest BCUT2D eigenvalue weighted by molar-refractivity contribution is 5.81. The minimum atomic E-state index is 0.0668. The van der Waals surface area contributed by atoms with Crippen LogP contribution >= 0.6 is 0 Å². The Balaban J connectivity index is 1.41. The van der Waals surface area contributed by atoms with E-state index < -0.39 is 0 Å². The van der Waals surface area contributed by atoms with Gasteiger partial charge in [-0.15, -0.1) is 0 Å².